The quantitative estimate of drug-likeness (QED) is 0.786. The molecule has 1 unspecified atom stereocenters. The SMILES string of the molecule is Cc1ccc(CN2CC(CS(=O)(=O)Cl)CC2=O)nc1. The van der Waals surface area contributed by atoms with Crippen LogP contribution in [0, 0.1) is 12.8 Å². The molecule has 19 heavy (non-hydrogen) atoms. The molecule has 0 aliphatic carbocycles. The molecule has 5 nitrogen and oxygen atoms in total. The summed E-state index contributed by atoms with van der Waals surface area (Å²) in [4.78, 5) is 17.7. The second-order valence-corrected chi connectivity index (χ2v) is 7.70. The summed E-state index contributed by atoms with van der Waals surface area (Å²) < 4.78 is 22.0. The zero-order valence-corrected chi connectivity index (χ0v) is 12.1. The smallest absolute Gasteiger partial charge is 0.232 e. The predicted molar refractivity (Wildman–Crippen MR) is 72.1 cm³/mol. The van der Waals surface area contributed by atoms with E-state index in [1.54, 1.807) is 11.1 Å². The molecule has 104 valence electrons. The maximum atomic E-state index is 11.8. The summed E-state index contributed by atoms with van der Waals surface area (Å²) in [7, 11) is 1.66. The Bertz CT molecular complexity index is 571. The van der Waals surface area contributed by atoms with E-state index < -0.39 is 9.05 Å². The number of amides is 1. The lowest BCUT2D eigenvalue weighted by atomic mass is 10.1. The van der Waals surface area contributed by atoms with Gasteiger partial charge in [0.25, 0.3) is 0 Å². The van der Waals surface area contributed by atoms with Crippen LogP contribution in [-0.2, 0) is 20.4 Å². The number of aromatic nitrogens is 1. The third-order valence-corrected chi connectivity index (χ3v) is 4.30. The maximum absolute atomic E-state index is 11.8. The molecule has 0 bridgehead atoms. The van der Waals surface area contributed by atoms with Crippen molar-refractivity contribution in [3.8, 4) is 0 Å². The lowest BCUT2D eigenvalue weighted by Gasteiger charge is -2.15. The van der Waals surface area contributed by atoms with E-state index in [4.69, 9.17) is 10.7 Å². The van der Waals surface area contributed by atoms with Crippen molar-refractivity contribution < 1.29 is 13.2 Å². The summed E-state index contributed by atoms with van der Waals surface area (Å²) in [5.41, 5.74) is 1.86. The summed E-state index contributed by atoms with van der Waals surface area (Å²) in [6, 6.07) is 3.80. The Hall–Kier alpha value is -1.14. The number of carbonyl (C=O) groups excluding carboxylic acids is 1. The highest BCUT2D eigenvalue weighted by atomic mass is 35.7. The Morgan fingerprint density at radius 1 is 1.47 bits per heavy atom. The lowest BCUT2D eigenvalue weighted by Crippen LogP contribution is -2.25. The Kier molecular flexibility index (Phi) is 4.10. The minimum absolute atomic E-state index is 0.0484. The van der Waals surface area contributed by atoms with Gasteiger partial charge < -0.3 is 4.90 Å². The molecule has 0 aromatic carbocycles. The van der Waals surface area contributed by atoms with E-state index in [0.717, 1.165) is 11.3 Å². The van der Waals surface area contributed by atoms with Gasteiger partial charge in [-0.3, -0.25) is 9.78 Å². The molecule has 7 heteroatoms. The number of likely N-dealkylation sites (tertiary alicyclic amines) is 1. The standard InChI is InChI=1S/C12H15ClN2O3S/c1-9-2-3-11(14-5-9)7-15-6-10(4-12(15)16)8-19(13,17)18/h2-3,5,10H,4,6-8H2,1H3. The fourth-order valence-corrected chi connectivity index (χ4v) is 3.51. The van der Waals surface area contributed by atoms with Crippen LogP contribution in [0.15, 0.2) is 18.3 Å². The van der Waals surface area contributed by atoms with E-state index >= 15 is 0 Å². The van der Waals surface area contributed by atoms with Gasteiger partial charge in [0.1, 0.15) is 0 Å². The average molecular weight is 303 g/mol. The first-order chi connectivity index (χ1) is 8.83. The number of hydrogen-bond acceptors (Lipinski definition) is 4. The lowest BCUT2D eigenvalue weighted by molar-refractivity contribution is -0.128. The van der Waals surface area contributed by atoms with E-state index in [1.165, 1.54) is 0 Å². The second-order valence-electron chi connectivity index (χ2n) is 4.88. The van der Waals surface area contributed by atoms with Gasteiger partial charge in [-0.25, -0.2) is 8.42 Å². The maximum Gasteiger partial charge on any atom is 0.232 e. The van der Waals surface area contributed by atoms with Gasteiger partial charge in [-0.1, -0.05) is 6.07 Å². The van der Waals surface area contributed by atoms with E-state index in [2.05, 4.69) is 4.98 Å². The minimum Gasteiger partial charge on any atom is -0.336 e. The van der Waals surface area contributed by atoms with Crippen molar-refractivity contribution in [2.45, 2.75) is 19.9 Å². The van der Waals surface area contributed by atoms with Crippen LogP contribution < -0.4 is 0 Å². The van der Waals surface area contributed by atoms with Crippen LogP contribution in [-0.4, -0.2) is 36.5 Å². The van der Waals surface area contributed by atoms with Crippen LogP contribution in [0.2, 0.25) is 0 Å². The molecule has 1 atom stereocenters. The summed E-state index contributed by atoms with van der Waals surface area (Å²) >= 11 is 0. The summed E-state index contributed by atoms with van der Waals surface area (Å²) in [5.74, 6) is -0.425. The van der Waals surface area contributed by atoms with Gasteiger partial charge in [0.2, 0.25) is 15.0 Å². The summed E-state index contributed by atoms with van der Waals surface area (Å²) in [5, 5.41) is 0. The van der Waals surface area contributed by atoms with Crippen molar-refractivity contribution in [3.05, 3.63) is 29.6 Å². The fraction of sp³-hybridized carbons (Fsp3) is 0.500. The largest absolute Gasteiger partial charge is 0.336 e. The zero-order chi connectivity index (χ0) is 14.0. The van der Waals surface area contributed by atoms with E-state index in [9.17, 15) is 13.2 Å². The molecule has 1 aliphatic rings. The molecular formula is C12H15ClN2O3S. The molecule has 2 heterocycles. The minimum atomic E-state index is -3.56. The van der Waals surface area contributed by atoms with Crippen LogP contribution in [0.5, 0.6) is 0 Å². The number of carbonyl (C=O) groups is 1. The van der Waals surface area contributed by atoms with Gasteiger partial charge in [0.15, 0.2) is 0 Å². The number of pyridine rings is 1. The van der Waals surface area contributed by atoms with Gasteiger partial charge in [0, 0.05) is 35.8 Å². The molecule has 1 amide bonds. The van der Waals surface area contributed by atoms with Crippen molar-refractivity contribution in [2.24, 2.45) is 5.92 Å². The van der Waals surface area contributed by atoms with E-state index in [0.29, 0.717) is 13.1 Å². The topological polar surface area (TPSA) is 67.3 Å². The molecule has 1 fully saturated rings. The van der Waals surface area contributed by atoms with Gasteiger partial charge >= 0.3 is 0 Å². The van der Waals surface area contributed by atoms with Crippen LogP contribution in [0.25, 0.3) is 0 Å². The number of aryl methyl sites for hydroxylation is 1. The van der Waals surface area contributed by atoms with Crippen molar-refractivity contribution in [2.75, 3.05) is 12.3 Å². The highest BCUT2D eigenvalue weighted by Crippen LogP contribution is 2.22. The normalized spacial score (nSPS) is 20.0. The second kappa shape index (κ2) is 5.46. The highest BCUT2D eigenvalue weighted by molar-refractivity contribution is 8.13. The number of nitrogens with zero attached hydrogens (tertiary/aromatic N) is 2. The van der Waals surface area contributed by atoms with Crippen molar-refractivity contribution in [1.82, 2.24) is 9.88 Å². The Labute approximate surface area is 117 Å². The molecular weight excluding hydrogens is 288 g/mol. The number of rotatable bonds is 4. The summed E-state index contributed by atoms with van der Waals surface area (Å²) in [6.45, 7) is 2.78. The monoisotopic (exact) mass is 302 g/mol. The number of halogens is 1. The van der Waals surface area contributed by atoms with Crippen LogP contribution in [0.3, 0.4) is 0 Å². The van der Waals surface area contributed by atoms with Gasteiger partial charge in [-0.15, -0.1) is 0 Å². The van der Waals surface area contributed by atoms with E-state index in [-0.39, 0.29) is 24.0 Å². The third kappa shape index (κ3) is 4.18. The Balaban J connectivity index is 1.98. The first-order valence-corrected chi connectivity index (χ1v) is 8.43. The van der Waals surface area contributed by atoms with Gasteiger partial charge in [0.05, 0.1) is 18.0 Å². The van der Waals surface area contributed by atoms with Crippen molar-refractivity contribution >= 4 is 25.6 Å². The van der Waals surface area contributed by atoms with Crippen molar-refractivity contribution in [3.63, 3.8) is 0 Å². The molecule has 0 saturated carbocycles. The number of hydrogen-bond donors (Lipinski definition) is 0. The Morgan fingerprint density at radius 2 is 2.21 bits per heavy atom. The van der Waals surface area contributed by atoms with Crippen LogP contribution >= 0.6 is 10.7 Å². The van der Waals surface area contributed by atoms with Gasteiger partial charge in [-0.05, 0) is 18.6 Å². The van der Waals surface area contributed by atoms with Gasteiger partial charge in [-0.2, -0.15) is 0 Å². The third-order valence-electron chi connectivity index (χ3n) is 3.05. The molecule has 1 saturated heterocycles. The fourth-order valence-electron chi connectivity index (χ4n) is 2.19. The molecule has 1 aliphatic heterocycles. The molecule has 0 radical (unpaired) electrons. The van der Waals surface area contributed by atoms with Crippen molar-refractivity contribution in [1.29, 1.82) is 0 Å². The average Bonchev–Trinajstić information content (AvgIpc) is 2.60. The Morgan fingerprint density at radius 3 is 2.79 bits per heavy atom. The predicted octanol–water partition coefficient (Wildman–Crippen LogP) is 1.31. The zero-order valence-electron chi connectivity index (χ0n) is 10.5. The first kappa shape index (κ1) is 14.3. The highest BCUT2D eigenvalue weighted by Gasteiger charge is 2.32. The summed E-state index contributed by atoms with van der Waals surface area (Å²) in [6.07, 6.45) is 1.98. The molecule has 0 spiro atoms. The molecule has 1 aromatic heterocycles. The molecule has 0 N–H and O–H groups in total. The van der Waals surface area contributed by atoms with Crippen LogP contribution in [0.4, 0.5) is 0 Å². The first-order valence-electron chi connectivity index (χ1n) is 5.95. The van der Waals surface area contributed by atoms with E-state index in [1.807, 2.05) is 19.1 Å². The molecule has 1 aromatic rings. The van der Waals surface area contributed by atoms with Crippen LogP contribution in [0.1, 0.15) is 17.7 Å². The molecule has 2 rings (SSSR count).